The fraction of sp³-hybridized carbons (Fsp3) is 0.100. The number of nitrogens with two attached hydrogens (primary N) is 2. The van der Waals surface area contributed by atoms with Gasteiger partial charge in [-0.05, 0) is 11.6 Å². The predicted molar refractivity (Wildman–Crippen MR) is 56.7 cm³/mol. The van der Waals surface area contributed by atoms with Crippen molar-refractivity contribution in [3.63, 3.8) is 0 Å². The number of carbonyl (C=O) groups excluding carboxylic acids is 1. The zero-order chi connectivity index (χ0) is 10.7. The Morgan fingerprint density at radius 2 is 2.00 bits per heavy atom. The highest BCUT2D eigenvalue weighted by atomic mass is 35.5. The lowest BCUT2D eigenvalue weighted by Gasteiger charge is -2.13. The van der Waals surface area contributed by atoms with Crippen molar-refractivity contribution in [2.24, 2.45) is 11.5 Å². The molecule has 74 valence electrons. The van der Waals surface area contributed by atoms with Crippen molar-refractivity contribution in [3.05, 3.63) is 47.0 Å². The average Bonchev–Trinajstić information content (AvgIpc) is 2.16. The summed E-state index contributed by atoms with van der Waals surface area (Å²) in [4.78, 5) is 10.8. The summed E-state index contributed by atoms with van der Waals surface area (Å²) >= 11 is 5.89. The minimum atomic E-state index is -0.638. The Morgan fingerprint density at radius 1 is 1.43 bits per heavy atom. The van der Waals surface area contributed by atoms with Gasteiger partial charge in [0.05, 0.1) is 6.04 Å². The molecule has 0 saturated carbocycles. The number of amides is 1. The smallest absolute Gasteiger partial charge is 0.245 e. The van der Waals surface area contributed by atoms with Gasteiger partial charge in [-0.25, -0.2) is 0 Å². The standard InChI is InChI=1S/C10H11ClN2O/c1-6(10(13)14)9(12)7-4-2-3-5-8(7)11/h2-5,9H,1,12H2,(H2,13,14)/t9-/m1/s1. The fourth-order valence-electron chi connectivity index (χ4n) is 1.07. The van der Waals surface area contributed by atoms with Gasteiger partial charge in [0, 0.05) is 10.6 Å². The van der Waals surface area contributed by atoms with Crippen molar-refractivity contribution < 1.29 is 4.79 Å². The van der Waals surface area contributed by atoms with E-state index in [4.69, 9.17) is 23.1 Å². The van der Waals surface area contributed by atoms with Gasteiger partial charge in [-0.3, -0.25) is 4.79 Å². The van der Waals surface area contributed by atoms with Crippen molar-refractivity contribution in [2.75, 3.05) is 0 Å². The number of rotatable bonds is 3. The summed E-state index contributed by atoms with van der Waals surface area (Å²) in [6.45, 7) is 3.51. The maximum Gasteiger partial charge on any atom is 0.245 e. The minimum absolute atomic E-state index is 0.151. The number of halogens is 1. The molecule has 4 heteroatoms. The van der Waals surface area contributed by atoms with Gasteiger partial charge in [0.15, 0.2) is 0 Å². The minimum Gasteiger partial charge on any atom is -0.366 e. The van der Waals surface area contributed by atoms with Gasteiger partial charge in [0.2, 0.25) is 5.91 Å². The summed E-state index contributed by atoms with van der Waals surface area (Å²) < 4.78 is 0. The number of carbonyl (C=O) groups is 1. The third kappa shape index (κ3) is 2.13. The zero-order valence-electron chi connectivity index (χ0n) is 7.53. The van der Waals surface area contributed by atoms with Crippen LogP contribution < -0.4 is 11.5 Å². The molecule has 0 aromatic heterocycles. The van der Waals surface area contributed by atoms with Crippen molar-refractivity contribution >= 4 is 17.5 Å². The Hall–Kier alpha value is -1.32. The summed E-state index contributed by atoms with van der Waals surface area (Å²) in [6.07, 6.45) is 0. The Bertz CT molecular complexity index is 376. The molecule has 0 bridgehead atoms. The molecule has 0 heterocycles. The van der Waals surface area contributed by atoms with Crippen LogP contribution in [0.5, 0.6) is 0 Å². The molecule has 0 unspecified atom stereocenters. The van der Waals surface area contributed by atoms with Gasteiger partial charge in [0.25, 0.3) is 0 Å². The fourth-order valence-corrected chi connectivity index (χ4v) is 1.32. The Kier molecular flexibility index (Phi) is 3.28. The first-order chi connectivity index (χ1) is 6.54. The van der Waals surface area contributed by atoms with Gasteiger partial charge in [-0.1, -0.05) is 36.4 Å². The van der Waals surface area contributed by atoms with Crippen molar-refractivity contribution in [1.82, 2.24) is 0 Å². The van der Waals surface area contributed by atoms with E-state index in [1.807, 2.05) is 0 Å². The number of hydrogen-bond donors (Lipinski definition) is 2. The molecule has 0 radical (unpaired) electrons. The SMILES string of the molecule is C=C(C(N)=O)[C@@H](N)c1ccccc1Cl. The van der Waals surface area contributed by atoms with Gasteiger partial charge in [-0.2, -0.15) is 0 Å². The highest BCUT2D eigenvalue weighted by Crippen LogP contribution is 2.24. The van der Waals surface area contributed by atoms with Gasteiger partial charge in [0.1, 0.15) is 0 Å². The quantitative estimate of drug-likeness (QED) is 0.741. The lowest BCUT2D eigenvalue weighted by atomic mass is 10.0. The molecular weight excluding hydrogens is 200 g/mol. The monoisotopic (exact) mass is 210 g/mol. The normalized spacial score (nSPS) is 12.1. The van der Waals surface area contributed by atoms with Crippen molar-refractivity contribution in [2.45, 2.75) is 6.04 Å². The molecule has 1 atom stereocenters. The van der Waals surface area contributed by atoms with E-state index in [0.717, 1.165) is 0 Å². The molecule has 0 aliphatic heterocycles. The second kappa shape index (κ2) is 4.26. The Morgan fingerprint density at radius 3 is 2.50 bits per heavy atom. The van der Waals surface area contributed by atoms with Crippen LogP contribution in [0.15, 0.2) is 36.4 Å². The third-order valence-electron chi connectivity index (χ3n) is 1.93. The lowest BCUT2D eigenvalue weighted by molar-refractivity contribution is -0.114. The van der Waals surface area contributed by atoms with E-state index in [1.54, 1.807) is 24.3 Å². The molecular formula is C10H11ClN2O. The predicted octanol–water partition coefficient (Wildman–Crippen LogP) is 1.38. The highest BCUT2D eigenvalue weighted by molar-refractivity contribution is 6.31. The zero-order valence-corrected chi connectivity index (χ0v) is 8.29. The van der Waals surface area contributed by atoms with E-state index in [1.165, 1.54) is 0 Å². The average molecular weight is 211 g/mol. The largest absolute Gasteiger partial charge is 0.366 e. The molecule has 14 heavy (non-hydrogen) atoms. The molecule has 1 aromatic carbocycles. The first-order valence-electron chi connectivity index (χ1n) is 4.02. The topological polar surface area (TPSA) is 69.1 Å². The van der Waals surface area contributed by atoms with Crippen LogP contribution in [-0.2, 0) is 4.79 Å². The van der Waals surface area contributed by atoms with E-state index < -0.39 is 11.9 Å². The van der Waals surface area contributed by atoms with E-state index >= 15 is 0 Å². The summed E-state index contributed by atoms with van der Waals surface area (Å²) in [6, 6.07) is 6.37. The Balaban J connectivity index is 3.01. The van der Waals surface area contributed by atoms with Gasteiger partial charge >= 0.3 is 0 Å². The molecule has 0 saturated heterocycles. The molecule has 0 aliphatic carbocycles. The Labute approximate surface area is 87.3 Å². The highest BCUT2D eigenvalue weighted by Gasteiger charge is 2.16. The van der Waals surface area contributed by atoms with Crippen LogP contribution in [0.4, 0.5) is 0 Å². The van der Waals surface area contributed by atoms with Crippen LogP contribution in [0.2, 0.25) is 5.02 Å². The van der Waals surface area contributed by atoms with Crippen LogP contribution in [-0.4, -0.2) is 5.91 Å². The van der Waals surface area contributed by atoms with Crippen LogP contribution in [0.1, 0.15) is 11.6 Å². The first kappa shape index (κ1) is 10.8. The maximum absolute atomic E-state index is 10.8. The van der Waals surface area contributed by atoms with Crippen LogP contribution in [0.3, 0.4) is 0 Å². The van der Waals surface area contributed by atoms with E-state index in [9.17, 15) is 4.79 Å². The van der Waals surface area contributed by atoms with Crippen LogP contribution >= 0.6 is 11.6 Å². The molecule has 1 rings (SSSR count). The summed E-state index contributed by atoms with van der Waals surface area (Å²) in [7, 11) is 0. The van der Waals surface area contributed by atoms with Crippen molar-refractivity contribution in [3.8, 4) is 0 Å². The maximum atomic E-state index is 10.8. The summed E-state index contributed by atoms with van der Waals surface area (Å²) in [5.74, 6) is -0.614. The first-order valence-corrected chi connectivity index (χ1v) is 4.40. The molecule has 0 spiro atoms. The van der Waals surface area contributed by atoms with Crippen LogP contribution in [0.25, 0.3) is 0 Å². The lowest BCUT2D eigenvalue weighted by Crippen LogP contribution is -2.24. The van der Waals surface area contributed by atoms with Gasteiger partial charge in [-0.15, -0.1) is 0 Å². The van der Waals surface area contributed by atoms with E-state index in [0.29, 0.717) is 10.6 Å². The second-order valence-electron chi connectivity index (χ2n) is 2.89. The summed E-state index contributed by atoms with van der Waals surface area (Å²) in [5.41, 5.74) is 11.6. The second-order valence-corrected chi connectivity index (χ2v) is 3.30. The third-order valence-corrected chi connectivity index (χ3v) is 2.28. The van der Waals surface area contributed by atoms with E-state index in [2.05, 4.69) is 6.58 Å². The number of primary amides is 1. The van der Waals surface area contributed by atoms with Gasteiger partial charge < -0.3 is 11.5 Å². The number of benzene rings is 1. The van der Waals surface area contributed by atoms with E-state index in [-0.39, 0.29) is 5.57 Å². The molecule has 4 N–H and O–H groups in total. The molecule has 3 nitrogen and oxygen atoms in total. The number of hydrogen-bond acceptors (Lipinski definition) is 2. The molecule has 0 aliphatic rings. The summed E-state index contributed by atoms with van der Waals surface area (Å²) in [5, 5.41) is 0.502. The molecule has 1 aromatic rings. The molecule has 0 fully saturated rings. The molecule has 1 amide bonds. The van der Waals surface area contributed by atoms with Crippen molar-refractivity contribution in [1.29, 1.82) is 0 Å². The van der Waals surface area contributed by atoms with Crippen LogP contribution in [0, 0.1) is 0 Å².